The van der Waals surface area contributed by atoms with Crippen LogP contribution < -0.4 is 5.32 Å². The molecule has 0 aromatic carbocycles. The molecule has 0 aliphatic carbocycles. The lowest BCUT2D eigenvalue weighted by molar-refractivity contribution is 0.0953. The van der Waals surface area contributed by atoms with E-state index in [1.165, 1.54) is 6.20 Å². The number of amides is 1. The quantitative estimate of drug-likeness (QED) is 0.810. The lowest BCUT2D eigenvalue weighted by Gasteiger charge is -2.05. The monoisotopic (exact) mass is 264 g/mol. The zero-order chi connectivity index (χ0) is 12.8. The molecule has 2 rings (SSSR count). The van der Waals surface area contributed by atoms with Crippen LogP contribution in [0.1, 0.15) is 22.6 Å². The van der Waals surface area contributed by atoms with Crippen LogP contribution in [0.5, 0.6) is 0 Å². The first-order valence-corrected chi connectivity index (χ1v) is 6.01. The minimum Gasteiger partial charge on any atom is -0.352 e. The van der Waals surface area contributed by atoms with Gasteiger partial charge in [-0.2, -0.15) is 0 Å². The zero-order valence-electron chi connectivity index (χ0n) is 9.69. The van der Waals surface area contributed by atoms with E-state index in [2.05, 4.69) is 20.3 Å². The van der Waals surface area contributed by atoms with Crippen LogP contribution in [-0.4, -0.2) is 27.4 Å². The number of hydrogen-bond acceptors (Lipinski definition) is 3. The van der Waals surface area contributed by atoms with E-state index in [-0.39, 0.29) is 5.91 Å². The van der Waals surface area contributed by atoms with E-state index in [0.29, 0.717) is 17.1 Å². The number of aryl methyl sites for hydroxylation is 1. The van der Waals surface area contributed by atoms with Crippen LogP contribution in [0.2, 0.25) is 5.02 Å². The molecule has 0 bridgehead atoms. The van der Waals surface area contributed by atoms with Gasteiger partial charge in [0.2, 0.25) is 0 Å². The first-order valence-electron chi connectivity index (χ1n) is 5.63. The topological polar surface area (TPSA) is 70.7 Å². The SMILES string of the molecule is O=C(NCCCc1ncc[nH]1)c1cnccc1Cl. The van der Waals surface area contributed by atoms with Gasteiger partial charge in [-0.3, -0.25) is 9.78 Å². The lowest BCUT2D eigenvalue weighted by atomic mass is 10.2. The van der Waals surface area contributed by atoms with Crippen molar-refractivity contribution in [3.8, 4) is 0 Å². The van der Waals surface area contributed by atoms with Crippen LogP contribution in [0.3, 0.4) is 0 Å². The number of carbonyl (C=O) groups is 1. The summed E-state index contributed by atoms with van der Waals surface area (Å²) in [6.07, 6.45) is 8.12. The van der Waals surface area contributed by atoms with E-state index in [1.54, 1.807) is 24.7 Å². The van der Waals surface area contributed by atoms with Crippen molar-refractivity contribution in [3.05, 3.63) is 47.3 Å². The van der Waals surface area contributed by atoms with Crippen molar-refractivity contribution in [2.75, 3.05) is 6.54 Å². The van der Waals surface area contributed by atoms with E-state index >= 15 is 0 Å². The van der Waals surface area contributed by atoms with Crippen molar-refractivity contribution in [1.82, 2.24) is 20.3 Å². The molecule has 0 aliphatic heterocycles. The third kappa shape index (κ3) is 3.30. The van der Waals surface area contributed by atoms with Crippen molar-refractivity contribution in [2.24, 2.45) is 0 Å². The fraction of sp³-hybridized carbons (Fsp3) is 0.250. The minimum absolute atomic E-state index is 0.201. The van der Waals surface area contributed by atoms with Gasteiger partial charge in [0.15, 0.2) is 0 Å². The van der Waals surface area contributed by atoms with Gasteiger partial charge < -0.3 is 10.3 Å². The van der Waals surface area contributed by atoms with Crippen LogP contribution in [0.15, 0.2) is 30.9 Å². The largest absolute Gasteiger partial charge is 0.352 e. The molecule has 0 atom stereocenters. The number of pyridine rings is 1. The Hall–Kier alpha value is -1.88. The first kappa shape index (κ1) is 12.6. The Morgan fingerprint density at radius 3 is 3.06 bits per heavy atom. The predicted octanol–water partition coefficient (Wildman–Crippen LogP) is 1.82. The summed E-state index contributed by atoms with van der Waals surface area (Å²) in [5.74, 6) is 0.719. The van der Waals surface area contributed by atoms with Gasteiger partial charge in [-0.1, -0.05) is 11.6 Å². The molecule has 2 N–H and O–H groups in total. The Bertz CT molecular complexity index is 513. The zero-order valence-corrected chi connectivity index (χ0v) is 10.4. The normalized spacial score (nSPS) is 10.3. The van der Waals surface area contributed by atoms with Crippen LogP contribution in [-0.2, 0) is 6.42 Å². The number of H-pyrrole nitrogens is 1. The number of nitrogens with one attached hydrogen (secondary N) is 2. The third-order valence-corrected chi connectivity index (χ3v) is 2.77. The summed E-state index contributed by atoms with van der Waals surface area (Å²) in [5, 5.41) is 3.21. The second-order valence-electron chi connectivity index (χ2n) is 3.75. The molecule has 0 unspecified atom stereocenters. The minimum atomic E-state index is -0.201. The fourth-order valence-electron chi connectivity index (χ4n) is 1.53. The number of aromatic amines is 1. The van der Waals surface area contributed by atoms with Gasteiger partial charge in [-0.05, 0) is 12.5 Å². The van der Waals surface area contributed by atoms with E-state index in [1.807, 2.05) is 0 Å². The number of carbonyl (C=O) groups excluding carboxylic acids is 1. The number of nitrogens with zero attached hydrogens (tertiary/aromatic N) is 2. The molecule has 94 valence electrons. The highest BCUT2D eigenvalue weighted by molar-refractivity contribution is 6.33. The average molecular weight is 265 g/mol. The summed E-state index contributed by atoms with van der Waals surface area (Å²) >= 11 is 5.90. The Morgan fingerprint density at radius 2 is 2.33 bits per heavy atom. The molecule has 0 fully saturated rings. The Kier molecular flexibility index (Phi) is 4.30. The van der Waals surface area contributed by atoms with Crippen molar-refractivity contribution >= 4 is 17.5 Å². The molecule has 5 nitrogen and oxygen atoms in total. The summed E-state index contributed by atoms with van der Waals surface area (Å²) in [7, 11) is 0. The van der Waals surface area contributed by atoms with Gasteiger partial charge >= 0.3 is 0 Å². The number of rotatable bonds is 5. The molecule has 0 saturated heterocycles. The van der Waals surface area contributed by atoms with Crippen LogP contribution in [0, 0.1) is 0 Å². The molecule has 2 heterocycles. The number of imidazole rings is 1. The summed E-state index contributed by atoms with van der Waals surface area (Å²) in [6, 6.07) is 1.60. The molecule has 2 aromatic rings. The maximum Gasteiger partial charge on any atom is 0.254 e. The van der Waals surface area contributed by atoms with Crippen molar-refractivity contribution in [3.63, 3.8) is 0 Å². The molecular weight excluding hydrogens is 252 g/mol. The Labute approximate surface area is 110 Å². The number of halogens is 1. The summed E-state index contributed by atoms with van der Waals surface area (Å²) in [5.41, 5.74) is 0.400. The highest BCUT2D eigenvalue weighted by atomic mass is 35.5. The number of hydrogen-bond donors (Lipinski definition) is 2. The van der Waals surface area contributed by atoms with Gasteiger partial charge in [0.1, 0.15) is 5.82 Å². The van der Waals surface area contributed by atoms with E-state index < -0.39 is 0 Å². The smallest absolute Gasteiger partial charge is 0.254 e. The second kappa shape index (κ2) is 6.16. The first-order chi connectivity index (χ1) is 8.77. The standard InChI is InChI=1S/C12H13ClN4O/c13-10-3-5-14-8-9(10)12(18)17-4-1-2-11-15-6-7-16-11/h3,5-8H,1-2,4H2,(H,15,16)(H,17,18). The van der Waals surface area contributed by atoms with Crippen molar-refractivity contribution in [2.45, 2.75) is 12.8 Å². The second-order valence-corrected chi connectivity index (χ2v) is 4.16. The van der Waals surface area contributed by atoms with Gasteiger partial charge in [-0.15, -0.1) is 0 Å². The molecule has 1 amide bonds. The van der Waals surface area contributed by atoms with E-state index in [9.17, 15) is 4.79 Å². The van der Waals surface area contributed by atoms with Crippen LogP contribution in [0.4, 0.5) is 0 Å². The lowest BCUT2D eigenvalue weighted by Crippen LogP contribution is -2.25. The molecule has 0 spiro atoms. The summed E-state index contributed by atoms with van der Waals surface area (Å²) in [6.45, 7) is 0.574. The van der Waals surface area contributed by atoms with E-state index in [0.717, 1.165) is 18.7 Å². The van der Waals surface area contributed by atoms with Crippen LogP contribution in [0.25, 0.3) is 0 Å². The molecule has 0 radical (unpaired) electrons. The molecule has 0 saturated carbocycles. The van der Waals surface area contributed by atoms with E-state index in [4.69, 9.17) is 11.6 Å². The van der Waals surface area contributed by atoms with Gasteiger partial charge in [0.25, 0.3) is 5.91 Å². The van der Waals surface area contributed by atoms with Gasteiger partial charge in [0.05, 0.1) is 10.6 Å². The summed E-state index contributed by atoms with van der Waals surface area (Å²) in [4.78, 5) is 22.8. The van der Waals surface area contributed by atoms with Crippen molar-refractivity contribution in [1.29, 1.82) is 0 Å². The molecule has 2 aromatic heterocycles. The molecule has 0 aliphatic rings. The maximum absolute atomic E-state index is 11.8. The fourth-order valence-corrected chi connectivity index (χ4v) is 1.72. The van der Waals surface area contributed by atoms with Crippen molar-refractivity contribution < 1.29 is 4.79 Å². The third-order valence-electron chi connectivity index (χ3n) is 2.44. The Balaban J connectivity index is 1.77. The van der Waals surface area contributed by atoms with Crippen LogP contribution >= 0.6 is 11.6 Å². The highest BCUT2D eigenvalue weighted by Gasteiger charge is 2.09. The Morgan fingerprint density at radius 1 is 1.44 bits per heavy atom. The van der Waals surface area contributed by atoms with Gasteiger partial charge in [-0.25, -0.2) is 4.98 Å². The molecule has 18 heavy (non-hydrogen) atoms. The molecular formula is C12H13ClN4O. The molecule has 6 heteroatoms. The average Bonchev–Trinajstić information content (AvgIpc) is 2.88. The highest BCUT2D eigenvalue weighted by Crippen LogP contribution is 2.12. The maximum atomic E-state index is 11.8. The van der Waals surface area contributed by atoms with Gasteiger partial charge in [0, 0.05) is 37.8 Å². The number of aromatic nitrogens is 3. The summed E-state index contributed by atoms with van der Waals surface area (Å²) < 4.78 is 0. The predicted molar refractivity (Wildman–Crippen MR) is 68.5 cm³/mol.